The second kappa shape index (κ2) is 7.58. The lowest BCUT2D eigenvalue weighted by Gasteiger charge is -2.21. The van der Waals surface area contributed by atoms with Crippen molar-refractivity contribution in [2.75, 3.05) is 6.61 Å². The lowest BCUT2D eigenvalue weighted by molar-refractivity contribution is -0.157. The molecule has 6 nitrogen and oxygen atoms in total. The van der Waals surface area contributed by atoms with Gasteiger partial charge in [-0.1, -0.05) is 24.4 Å². The van der Waals surface area contributed by atoms with Crippen LogP contribution < -0.4 is 0 Å². The van der Waals surface area contributed by atoms with Crippen LogP contribution in [0.15, 0.2) is 24.3 Å². The van der Waals surface area contributed by atoms with Gasteiger partial charge in [-0.05, 0) is 44.0 Å². The zero-order chi connectivity index (χ0) is 18.8. The zero-order valence-electron chi connectivity index (χ0n) is 14.4. The number of rotatable bonds is 5. The fourth-order valence-electron chi connectivity index (χ4n) is 3.65. The molecule has 0 radical (unpaired) electrons. The Bertz CT molecular complexity index is 721. The molecule has 1 aromatic carbocycles. The van der Waals surface area contributed by atoms with Crippen LogP contribution in [0.25, 0.3) is 0 Å². The van der Waals surface area contributed by atoms with Crippen molar-refractivity contribution in [3.63, 3.8) is 0 Å². The lowest BCUT2D eigenvalue weighted by atomic mass is 9.81. The molecule has 1 aliphatic heterocycles. The van der Waals surface area contributed by atoms with Crippen LogP contribution in [0.2, 0.25) is 5.02 Å². The molecule has 0 N–H and O–H groups in total. The minimum atomic E-state index is -1.03. The Morgan fingerprint density at radius 1 is 1.12 bits per heavy atom. The van der Waals surface area contributed by atoms with E-state index < -0.39 is 18.6 Å². The second-order valence-electron chi connectivity index (χ2n) is 6.76. The topological polar surface area (TPSA) is 80.8 Å². The first-order valence-electron chi connectivity index (χ1n) is 8.72. The molecule has 1 heterocycles. The normalized spacial score (nSPS) is 23.5. The molecular weight excluding hydrogens is 358 g/mol. The fraction of sp³-hybridized carbons (Fsp3) is 0.474. The van der Waals surface area contributed by atoms with Crippen molar-refractivity contribution in [1.82, 2.24) is 4.90 Å². The van der Waals surface area contributed by atoms with Crippen LogP contribution >= 0.6 is 11.6 Å². The van der Waals surface area contributed by atoms with Gasteiger partial charge in [-0.2, -0.15) is 0 Å². The smallest absolute Gasteiger partial charge is 0.329 e. The van der Waals surface area contributed by atoms with Gasteiger partial charge in [0, 0.05) is 10.6 Å². The summed E-state index contributed by atoms with van der Waals surface area (Å²) >= 11 is 5.77. The summed E-state index contributed by atoms with van der Waals surface area (Å²) in [6.07, 6.45) is 3.20. The molecule has 1 saturated carbocycles. The molecule has 1 aliphatic carbocycles. The van der Waals surface area contributed by atoms with E-state index in [0.29, 0.717) is 23.4 Å². The number of ketones is 1. The van der Waals surface area contributed by atoms with Gasteiger partial charge < -0.3 is 4.74 Å². The number of nitrogens with zero attached hydrogens (tertiary/aromatic N) is 1. The van der Waals surface area contributed by atoms with Crippen LogP contribution in [0.3, 0.4) is 0 Å². The number of Topliss-reactive ketones (excluding diaryl/α,β-unsaturated/α-hetero) is 1. The van der Waals surface area contributed by atoms with Gasteiger partial charge in [0.05, 0.1) is 11.8 Å². The van der Waals surface area contributed by atoms with E-state index in [1.807, 2.05) is 0 Å². The molecule has 1 saturated heterocycles. The van der Waals surface area contributed by atoms with Crippen molar-refractivity contribution in [2.45, 2.75) is 38.6 Å². The standard InChI is InChI=1S/C19H20ClNO5/c1-11(21-17(23)14-4-2-3-5-15(14)18(21)24)19(25)26-10-16(22)12-6-8-13(20)9-7-12/h6-9,11,14-15H,2-5,10H2,1H3/t11-,14-,15+/m0/s1. The van der Waals surface area contributed by atoms with E-state index in [0.717, 1.165) is 17.7 Å². The third-order valence-electron chi connectivity index (χ3n) is 5.12. The van der Waals surface area contributed by atoms with Gasteiger partial charge in [-0.25, -0.2) is 4.79 Å². The molecule has 26 heavy (non-hydrogen) atoms. The van der Waals surface area contributed by atoms with E-state index in [4.69, 9.17) is 16.3 Å². The average molecular weight is 378 g/mol. The highest BCUT2D eigenvalue weighted by Gasteiger charge is 2.51. The quantitative estimate of drug-likeness (QED) is 0.447. The van der Waals surface area contributed by atoms with E-state index in [1.165, 1.54) is 6.92 Å². The van der Waals surface area contributed by atoms with Crippen LogP contribution in [0.5, 0.6) is 0 Å². The first-order chi connectivity index (χ1) is 12.4. The van der Waals surface area contributed by atoms with E-state index in [-0.39, 0.29) is 29.4 Å². The molecular formula is C19H20ClNO5. The number of esters is 1. The molecule has 0 spiro atoms. The number of imide groups is 1. The Hall–Kier alpha value is -2.21. The maximum atomic E-state index is 12.5. The third-order valence-corrected chi connectivity index (χ3v) is 5.37. The van der Waals surface area contributed by atoms with E-state index >= 15 is 0 Å². The SMILES string of the molecule is C[C@@H](C(=O)OCC(=O)c1ccc(Cl)cc1)N1C(=O)[C@H]2CCCC[C@H]2C1=O. The van der Waals surface area contributed by atoms with Crippen LogP contribution in [0.1, 0.15) is 43.0 Å². The van der Waals surface area contributed by atoms with Crippen molar-refractivity contribution in [3.05, 3.63) is 34.9 Å². The van der Waals surface area contributed by atoms with Crippen LogP contribution in [-0.2, 0) is 19.1 Å². The van der Waals surface area contributed by atoms with E-state index in [1.54, 1.807) is 24.3 Å². The number of carbonyl (C=O) groups is 4. The van der Waals surface area contributed by atoms with Crippen molar-refractivity contribution in [1.29, 1.82) is 0 Å². The second-order valence-corrected chi connectivity index (χ2v) is 7.19. The fourth-order valence-corrected chi connectivity index (χ4v) is 3.78. The number of hydrogen-bond donors (Lipinski definition) is 0. The average Bonchev–Trinajstić information content (AvgIpc) is 2.90. The number of hydrogen-bond acceptors (Lipinski definition) is 5. The maximum Gasteiger partial charge on any atom is 0.329 e. The zero-order valence-corrected chi connectivity index (χ0v) is 15.2. The molecule has 2 fully saturated rings. The summed E-state index contributed by atoms with van der Waals surface area (Å²) in [5.74, 6) is -2.37. The summed E-state index contributed by atoms with van der Waals surface area (Å²) < 4.78 is 5.05. The first kappa shape index (κ1) is 18.6. The molecule has 3 atom stereocenters. The Labute approximate surface area is 156 Å². The molecule has 2 amide bonds. The molecule has 1 aromatic rings. The van der Waals surface area contributed by atoms with Crippen LogP contribution in [-0.4, -0.2) is 41.1 Å². The predicted molar refractivity (Wildman–Crippen MR) is 93.5 cm³/mol. The number of benzene rings is 1. The molecule has 138 valence electrons. The Morgan fingerprint density at radius 3 is 2.19 bits per heavy atom. The van der Waals surface area contributed by atoms with Crippen LogP contribution in [0.4, 0.5) is 0 Å². The summed E-state index contributed by atoms with van der Waals surface area (Å²) in [6, 6.07) is 5.20. The summed E-state index contributed by atoms with van der Waals surface area (Å²) in [5.41, 5.74) is 0.370. The van der Waals surface area contributed by atoms with Crippen LogP contribution in [0, 0.1) is 11.8 Å². The van der Waals surface area contributed by atoms with Gasteiger partial charge >= 0.3 is 5.97 Å². The highest BCUT2D eigenvalue weighted by molar-refractivity contribution is 6.30. The maximum absolute atomic E-state index is 12.5. The van der Waals surface area contributed by atoms with Crippen molar-refractivity contribution < 1.29 is 23.9 Å². The molecule has 2 aliphatic rings. The van der Waals surface area contributed by atoms with Crippen molar-refractivity contribution >= 4 is 35.2 Å². The number of ether oxygens (including phenoxy) is 1. The monoisotopic (exact) mass is 377 g/mol. The molecule has 0 unspecified atom stereocenters. The van der Waals surface area contributed by atoms with Gasteiger partial charge in [0.2, 0.25) is 11.8 Å². The van der Waals surface area contributed by atoms with Gasteiger partial charge in [-0.15, -0.1) is 0 Å². The van der Waals surface area contributed by atoms with Gasteiger partial charge in [0.15, 0.2) is 12.4 Å². The number of likely N-dealkylation sites (tertiary alicyclic amines) is 1. The number of carbonyl (C=O) groups excluding carboxylic acids is 4. The summed E-state index contributed by atoms with van der Waals surface area (Å²) in [7, 11) is 0. The Balaban J connectivity index is 1.61. The highest BCUT2D eigenvalue weighted by Crippen LogP contribution is 2.38. The summed E-state index contributed by atoms with van der Waals surface area (Å²) in [4.78, 5) is 50.4. The minimum Gasteiger partial charge on any atom is -0.456 e. The first-order valence-corrected chi connectivity index (χ1v) is 9.10. The van der Waals surface area contributed by atoms with Gasteiger partial charge in [-0.3, -0.25) is 19.3 Å². The molecule has 7 heteroatoms. The predicted octanol–water partition coefficient (Wildman–Crippen LogP) is 2.63. The van der Waals surface area contributed by atoms with Crippen molar-refractivity contribution in [3.8, 4) is 0 Å². The van der Waals surface area contributed by atoms with Crippen molar-refractivity contribution in [2.24, 2.45) is 11.8 Å². The van der Waals surface area contributed by atoms with Gasteiger partial charge in [0.1, 0.15) is 6.04 Å². The van der Waals surface area contributed by atoms with E-state index in [9.17, 15) is 19.2 Å². The summed E-state index contributed by atoms with van der Waals surface area (Å²) in [6.45, 7) is 1.01. The number of fused-ring (bicyclic) bond motifs is 1. The number of halogens is 1. The molecule has 0 aromatic heterocycles. The number of amides is 2. The molecule has 3 rings (SSSR count). The Kier molecular flexibility index (Phi) is 5.41. The Morgan fingerprint density at radius 2 is 1.65 bits per heavy atom. The lowest BCUT2D eigenvalue weighted by Crippen LogP contribution is -2.44. The summed E-state index contributed by atoms with van der Waals surface area (Å²) in [5, 5.41) is 0.500. The molecule has 0 bridgehead atoms. The minimum absolute atomic E-state index is 0.298. The van der Waals surface area contributed by atoms with E-state index in [2.05, 4.69) is 0 Å². The van der Waals surface area contributed by atoms with Gasteiger partial charge in [0.25, 0.3) is 0 Å². The third kappa shape index (κ3) is 3.51. The largest absolute Gasteiger partial charge is 0.456 e. The highest BCUT2D eigenvalue weighted by atomic mass is 35.5.